The molecule has 2 aromatic carbocycles. The molecule has 0 radical (unpaired) electrons. The van der Waals surface area contributed by atoms with Crippen molar-refractivity contribution in [3.05, 3.63) is 53.6 Å². The van der Waals surface area contributed by atoms with Crippen molar-refractivity contribution in [1.82, 2.24) is 0 Å². The third-order valence-electron chi connectivity index (χ3n) is 5.01. The summed E-state index contributed by atoms with van der Waals surface area (Å²) in [4.78, 5) is 38.2. The standard InChI is InChI=1S/C23H24F3N3O5/c1-14(34-22(32)16-4-3-5-18(12-16)27-15(2)30)21(31)28-19-13-17(23(24,25)26)6-7-20(19)29-8-10-33-11-9-29/h3-7,12-14H,8-11H2,1-2H3,(H,27,30)(H,28,31). The second-order valence-electron chi connectivity index (χ2n) is 7.63. The van der Waals surface area contributed by atoms with Crippen LogP contribution in [0.1, 0.15) is 29.8 Å². The number of nitrogens with one attached hydrogen (secondary N) is 2. The molecule has 1 atom stereocenters. The largest absolute Gasteiger partial charge is 0.449 e. The minimum atomic E-state index is -4.60. The Labute approximate surface area is 194 Å². The Bertz CT molecular complexity index is 1070. The minimum absolute atomic E-state index is 0.0442. The van der Waals surface area contributed by atoms with Crippen LogP contribution < -0.4 is 15.5 Å². The number of hydrogen-bond acceptors (Lipinski definition) is 6. The van der Waals surface area contributed by atoms with E-state index in [2.05, 4.69) is 10.6 Å². The SMILES string of the molecule is CC(=O)Nc1cccc(C(=O)OC(C)C(=O)Nc2cc(C(F)(F)F)ccc2N2CCOCC2)c1. The molecular weight excluding hydrogens is 455 g/mol. The molecule has 1 unspecified atom stereocenters. The number of benzene rings is 2. The Kier molecular flexibility index (Phi) is 7.77. The van der Waals surface area contributed by atoms with Crippen molar-refractivity contribution in [2.45, 2.75) is 26.1 Å². The molecule has 1 saturated heterocycles. The highest BCUT2D eigenvalue weighted by molar-refractivity contribution is 6.00. The van der Waals surface area contributed by atoms with E-state index in [1.165, 1.54) is 38.1 Å². The number of hydrogen-bond donors (Lipinski definition) is 2. The van der Waals surface area contributed by atoms with Gasteiger partial charge in [-0.15, -0.1) is 0 Å². The number of alkyl halides is 3. The van der Waals surface area contributed by atoms with Crippen molar-refractivity contribution < 1.29 is 37.0 Å². The molecule has 1 fully saturated rings. The van der Waals surface area contributed by atoms with Crippen molar-refractivity contribution in [3.8, 4) is 0 Å². The Morgan fingerprint density at radius 2 is 1.76 bits per heavy atom. The molecule has 1 heterocycles. The predicted octanol–water partition coefficient (Wildman–Crippen LogP) is 3.68. The lowest BCUT2D eigenvalue weighted by atomic mass is 10.1. The van der Waals surface area contributed by atoms with Gasteiger partial charge in [0.05, 0.1) is 35.7 Å². The monoisotopic (exact) mass is 479 g/mol. The van der Waals surface area contributed by atoms with Crippen LogP contribution >= 0.6 is 0 Å². The van der Waals surface area contributed by atoms with Gasteiger partial charge in [0, 0.05) is 25.7 Å². The predicted molar refractivity (Wildman–Crippen MR) is 119 cm³/mol. The third-order valence-corrected chi connectivity index (χ3v) is 5.01. The van der Waals surface area contributed by atoms with E-state index in [1.807, 2.05) is 4.90 Å². The Morgan fingerprint density at radius 1 is 1.06 bits per heavy atom. The van der Waals surface area contributed by atoms with E-state index in [1.54, 1.807) is 6.07 Å². The van der Waals surface area contributed by atoms with Gasteiger partial charge in [0.25, 0.3) is 5.91 Å². The molecule has 3 rings (SSSR count). The quantitative estimate of drug-likeness (QED) is 0.614. The molecule has 34 heavy (non-hydrogen) atoms. The molecule has 2 amide bonds. The summed E-state index contributed by atoms with van der Waals surface area (Å²) < 4.78 is 50.3. The molecule has 0 spiro atoms. The smallest absolute Gasteiger partial charge is 0.416 e. The second-order valence-corrected chi connectivity index (χ2v) is 7.63. The van der Waals surface area contributed by atoms with Crippen molar-refractivity contribution in [3.63, 3.8) is 0 Å². The van der Waals surface area contributed by atoms with Crippen molar-refractivity contribution in [1.29, 1.82) is 0 Å². The van der Waals surface area contributed by atoms with Crippen molar-refractivity contribution in [2.75, 3.05) is 41.8 Å². The number of carbonyl (C=O) groups excluding carboxylic acids is 3. The fourth-order valence-electron chi connectivity index (χ4n) is 3.34. The zero-order chi connectivity index (χ0) is 24.9. The average molecular weight is 479 g/mol. The molecule has 0 aliphatic carbocycles. The summed E-state index contributed by atoms with van der Waals surface area (Å²) in [7, 11) is 0. The first kappa shape index (κ1) is 25.0. The van der Waals surface area contributed by atoms with Crippen LogP contribution in [0.3, 0.4) is 0 Å². The van der Waals surface area contributed by atoms with Crippen LogP contribution in [0.5, 0.6) is 0 Å². The Balaban J connectivity index is 1.75. The zero-order valence-corrected chi connectivity index (χ0v) is 18.6. The minimum Gasteiger partial charge on any atom is -0.449 e. The van der Waals surface area contributed by atoms with Gasteiger partial charge in [-0.1, -0.05) is 6.07 Å². The lowest BCUT2D eigenvalue weighted by molar-refractivity contribution is -0.137. The van der Waals surface area contributed by atoms with Crippen molar-refractivity contribution in [2.24, 2.45) is 0 Å². The number of esters is 1. The van der Waals surface area contributed by atoms with E-state index < -0.39 is 29.7 Å². The lowest BCUT2D eigenvalue weighted by Crippen LogP contribution is -2.37. The van der Waals surface area contributed by atoms with Gasteiger partial charge in [0.15, 0.2) is 6.10 Å². The van der Waals surface area contributed by atoms with Crippen LogP contribution in [-0.2, 0) is 25.2 Å². The topological polar surface area (TPSA) is 97.0 Å². The summed E-state index contributed by atoms with van der Waals surface area (Å²) in [6.07, 6.45) is -5.90. The Morgan fingerprint density at radius 3 is 2.41 bits per heavy atom. The summed E-state index contributed by atoms with van der Waals surface area (Å²) in [5, 5.41) is 4.99. The molecule has 1 aliphatic rings. The highest BCUT2D eigenvalue weighted by Gasteiger charge is 2.32. The van der Waals surface area contributed by atoms with E-state index >= 15 is 0 Å². The number of carbonyl (C=O) groups is 3. The molecule has 2 N–H and O–H groups in total. The number of nitrogens with zero attached hydrogens (tertiary/aromatic N) is 1. The lowest BCUT2D eigenvalue weighted by Gasteiger charge is -2.31. The molecule has 182 valence electrons. The number of amides is 2. The van der Waals surface area contributed by atoms with Crippen LogP contribution in [0.15, 0.2) is 42.5 Å². The number of anilines is 3. The van der Waals surface area contributed by atoms with Crippen LogP contribution in [0, 0.1) is 0 Å². The van der Waals surface area contributed by atoms with Gasteiger partial charge in [0.1, 0.15) is 0 Å². The third kappa shape index (κ3) is 6.47. The summed E-state index contributed by atoms with van der Waals surface area (Å²) in [6, 6.07) is 9.05. The first-order valence-electron chi connectivity index (χ1n) is 10.5. The van der Waals surface area contributed by atoms with Crippen LogP contribution in [0.2, 0.25) is 0 Å². The van der Waals surface area contributed by atoms with Gasteiger partial charge >= 0.3 is 12.1 Å². The zero-order valence-electron chi connectivity index (χ0n) is 18.6. The number of rotatable bonds is 6. The van der Waals surface area contributed by atoms with Gasteiger partial charge < -0.3 is 25.0 Å². The molecule has 1 aliphatic heterocycles. The van der Waals surface area contributed by atoms with E-state index in [-0.39, 0.29) is 17.2 Å². The number of morpholine rings is 1. The first-order valence-corrected chi connectivity index (χ1v) is 10.5. The van der Waals surface area contributed by atoms with Gasteiger partial charge in [0.2, 0.25) is 5.91 Å². The summed E-state index contributed by atoms with van der Waals surface area (Å²) in [5.74, 6) is -1.94. The first-order chi connectivity index (χ1) is 16.0. The fraction of sp³-hybridized carbons (Fsp3) is 0.348. The fourth-order valence-corrected chi connectivity index (χ4v) is 3.34. The maximum absolute atomic E-state index is 13.3. The van der Waals surface area contributed by atoms with E-state index in [0.717, 1.165) is 12.1 Å². The van der Waals surface area contributed by atoms with Gasteiger partial charge in [-0.3, -0.25) is 9.59 Å². The van der Waals surface area contributed by atoms with E-state index in [0.29, 0.717) is 37.7 Å². The highest BCUT2D eigenvalue weighted by atomic mass is 19.4. The van der Waals surface area contributed by atoms with Gasteiger partial charge in [-0.05, 0) is 43.3 Å². The Hall–Kier alpha value is -3.60. The highest BCUT2D eigenvalue weighted by Crippen LogP contribution is 2.36. The average Bonchev–Trinajstić information content (AvgIpc) is 2.78. The van der Waals surface area contributed by atoms with Crippen LogP contribution in [0.4, 0.5) is 30.2 Å². The van der Waals surface area contributed by atoms with Crippen LogP contribution in [-0.4, -0.2) is 50.2 Å². The molecule has 0 bridgehead atoms. The van der Waals surface area contributed by atoms with Gasteiger partial charge in [-0.25, -0.2) is 4.79 Å². The number of ether oxygens (including phenoxy) is 2. The normalized spacial score (nSPS) is 14.8. The van der Waals surface area contributed by atoms with E-state index in [9.17, 15) is 27.6 Å². The maximum atomic E-state index is 13.3. The molecule has 0 saturated carbocycles. The summed E-state index contributed by atoms with van der Waals surface area (Å²) >= 11 is 0. The van der Waals surface area contributed by atoms with Crippen LogP contribution in [0.25, 0.3) is 0 Å². The van der Waals surface area contributed by atoms with Crippen molar-refractivity contribution >= 4 is 34.8 Å². The number of halogens is 3. The second kappa shape index (κ2) is 10.6. The van der Waals surface area contributed by atoms with E-state index in [4.69, 9.17) is 9.47 Å². The van der Waals surface area contributed by atoms with Gasteiger partial charge in [-0.2, -0.15) is 13.2 Å². The molecule has 0 aromatic heterocycles. The molecule has 8 nitrogen and oxygen atoms in total. The molecular formula is C23H24F3N3O5. The summed E-state index contributed by atoms with van der Waals surface area (Å²) in [6.45, 7) is 4.33. The molecule has 2 aromatic rings. The summed E-state index contributed by atoms with van der Waals surface area (Å²) in [5.41, 5.74) is -0.0835. The maximum Gasteiger partial charge on any atom is 0.416 e. The molecule has 11 heteroatoms.